The topological polar surface area (TPSA) is 71.7 Å². The molecular weight excluding hydrogens is 216 g/mol. The maximum Gasteiger partial charge on any atom is 0.205 e. The van der Waals surface area contributed by atoms with Gasteiger partial charge < -0.3 is 10.1 Å². The number of hydrogen-bond acceptors (Lipinski definition) is 3. The lowest BCUT2D eigenvalue weighted by Crippen LogP contribution is -2.42. The third-order valence-corrected chi connectivity index (χ3v) is 2.38. The highest BCUT2D eigenvalue weighted by molar-refractivity contribution is 5.79. The van der Waals surface area contributed by atoms with Crippen LogP contribution >= 0.6 is 0 Å². The van der Waals surface area contributed by atoms with Crippen LogP contribution in [-0.2, 0) is 4.74 Å². The molecule has 0 aromatic rings. The van der Waals surface area contributed by atoms with Crippen molar-refractivity contribution in [3.63, 3.8) is 0 Å². The Morgan fingerprint density at radius 2 is 2.00 bits per heavy atom. The molecule has 0 bridgehead atoms. The van der Waals surface area contributed by atoms with E-state index < -0.39 is 0 Å². The fraction of sp³-hybridized carbons (Fsp3) is 0.917. The van der Waals surface area contributed by atoms with Gasteiger partial charge in [-0.25, -0.2) is 5.84 Å². The second-order valence-electron chi connectivity index (χ2n) is 3.91. The van der Waals surface area contributed by atoms with Crippen LogP contribution in [0.4, 0.5) is 0 Å². The maximum absolute atomic E-state index is 5.38. The number of ether oxygens (including phenoxy) is 1. The number of nitrogens with one attached hydrogen (secondary N) is 2. The van der Waals surface area contributed by atoms with Crippen LogP contribution in [0.2, 0.25) is 0 Å². The molecule has 0 aliphatic rings. The van der Waals surface area contributed by atoms with Gasteiger partial charge in [-0.05, 0) is 19.8 Å². The number of guanidine groups is 1. The molecule has 0 amide bonds. The van der Waals surface area contributed by atoms with E-state index in [1.807, 2.05) is 6.92 Å². The predicted molar refractivity (Wildman–Crippen MR) is 72.9 cm³/mol. The Balaban J connectivity index is 3.49. The van der Waals surface area contributed by atoms with E-state index in [0.717, 1.165) is 39.1 Å². The largest absolute Gasteiger partial charge is 0.382 e. The van der Waals surface area contributed by atoms with Gasteiger partial charge in [0.15, 0.2) is 0 Å². The Labute approximate surface area is 105 Å². The standard InChI is InChI=1S/C12H28N4O/c1-3-5-6-7-9-14-12(16-13)15-10-8-11-17-4-2/h3-11,13H2,1-2H3,(H2,14,15,16). The lowest BCUT2D eigenvalue weighted by atomic mass is 10.2. The molecule has 0 aliphatic heterocycles. The van der Waals surface area contributed by atoms with Gasteiger partial charge in [-0.15, -0.1) is 0 Å². The van der Waals surface area contributed by atoms with Crippen molar-refractivity contribution in [3.05, 3.63) is 0 Å². The van der Waals surface area contributed by atoms with E-state index in [2.05, 4.69) is 22.7 Å². The maximum atomic E-state index is 5.38. The fourth-order valence-electron chi connectivity index (χ4n) is 1.41. The molecule has 4 N–H and O–H groups in total. The molecule has 0 rings (SSSR count). The van der Waals surface area contributed by atoms with Gasteiger partial charge in [-0.1, -0.05) is 26.2 Å². The zero-order valence-electron chi connectivity index (χ0n) is 11.3. The van der Waals surface area contributed by atoms with E-state index in [0.29, 0.717) is 5.96 Å². The Morgan fingerprint density at radius 1 is 1.18 bits per heavy atom. The van der Waals surface area contributed by atoms with Gasteiger partial charge in [0.05, 0.1) is 0 Å². The molecule has 17 heavy (non-hydrogen) atoms. The summed E-state index contributed by atoms with van der Waals surface area (Å²) in [6, 6.07) is 0. The summed E-state index contributed by atoms with van der Waals surface area (Å²) >= 11 is 0. The van der Waals surface area contributed by atoms with Gasteiger partial charge in [0.25, 0.3) is 0 Å². The lowest BCUT2D eigenvalue weighted by Gasteiger charge is -2.08. The minimum atomic E-state index is 0.679. The van der Waals surface area contributed by atoms with Crippen molar-refractivity contribution in [3.8, 4) is 0 Å². The van der Waals surface area contributed by atoms with Gasteiger partial charge in [-0.3, -0.25) is 10.4 Å². The first-order valence-corrected chi connectivity index (χ1v) is 6.67. The molecule has 0 saturated heterocycles. The van der Waals surface area contributed by atoms with Crippen LogP contribution in [0.3, 0.4) is 0 Å². The minimum absolute atomic E-state index is 0.679. The van der Waals surface area contributed by atoms with E-state index in [-0.39, 0.29) is 0 Å². The van der Waals surface area contributed by atoms with Crippen molar-refractivity contribution in [1.82, 2.24) is 10.7 Å². The molecule has 0 spiro atoms. The van der Waals surface area contributed by atoms with Crippen LogP contribution in [0.25, 0.3) is 0 Å². The predicted octanol–water partition coefficient (Wildman–Crippen LogP) is 1.40. The Hall–Kier alpha value is -0.810. The molecule has 0 aliphatic carbocycles. The molecule has 102 valence electrons. The summed E-state index contributed by atoms with van der Waals surface area (Å²) < 4.78 is 5.23. The highest BCUT2D eigenvalue weighted by Gasteiger charge is 1.94. The minimum Gasteiger partial charge on any atom is -0.382 e. The Bertz CT molecular complexity index is 185. The van der Waals surface area contributed by atoms with Gasteiger partial charge in [0.1, 0.15) is 0 Å². The summed E-state index contributed by atoms with van der Waals surface area (Å²) in [6.07, 6.45) is 5.89. The van der Waals surface area contributed by atoms with Crippen molar-refractivity contribution < 1.29 is 4.74 Å². The van der Waals surface area contributed by atoms with Gasteiger partial charge in [-0.2, -0.15) is 0 Å². The SMILES string of the molecule is CCCCCCNC(=NCCCOCC)NN. The summed E-state index contributed by atoms with van der Waals surface area (Å²) in [6.45, 7) is 7.39. The monoisotopic (exact) mass is 244 g/mol. The summed E-state index contributed by atoms with van der Waals surface area (Å²) in [5.74, 6) is 6.06. The Kier molecular flexibility index (Phi) is 12.6. The average molecular weight is 244 g/mol. The molecular formula is C12H28N4O. The Morgan fingerprint density at radius 3 is 2.65 bits per heavy atom. The summed E-state index contributed by atoms with van der Waals surface area (Å²) in [5.41, 5.74) is 2.58. The molecule has 0 fully saturated rings. The zero-order valence-corrected chi connectivity index (χ0v) is 11.3. The third-order valence-electron chi connectivity index (χ3n) is 2.38. The van der Waals surface area contributed by atoms with E-state index in [9.17, 15) is 0 Å². The summed E-state index contributed by atoms with van der Waals surface area (Å²) in [7, 11) is 0. The first-order valence-electron chi connectivity index (χ1n) is 6.67. The summed E-state index contributed by atoms with van der Waals surface area (Å²) in [5, 5.41) is 3.19. The fourth-order valence-corrected chi connectivity index (χ4v) is 1.41. The normalized spacial score (nSPS) is 11.6. The highest BCUT2D eigenvalue weighted by atomic mass is 16.5. The van der Waals surface area contributed by atoms with Gasteiger partial charge in [0.2, 0.25) is 5.96 Å². The van der Waals surface area contributed by atoms with Gasteiger partial charge >= 0.3 is 0 Å². The number of hydrazine groups is 1. The van der Waals surface area contributed by atoms with Crippen LogP contribution in [0.1, 0.15) is 46.0 Å². The molecule has 0 unspecified atom stereocenters. The van der Waals surface area contributed by atoms with E-state index in [1.54, 1.807) is 0 Å². The number of hydrogen-bond donors (Lipinski definition) is 3. The van der Waals surface area contributed by atoms with Crippen molar-refractivity contribution in [2.24, 2.45) is 10.8 Å². The molecule has 0 atom stereocenters. The van der Waals surface area contributed by atoms with Crippen molar-refractivity contribution in [2.45, 2.75) is 46.0 Å². The molecule has 0 aromatic carbocycles. The third kappa shape index (κ3) is 11.5. The first-order chi connectivity index (χ1) is 8.35. The number of nitrogens with two attached hydrogens (primary N) is 1. The van der Waals surface area contributed by atoms with Crippen molar-refractivity contribution >= 4 is 5.96 Å². The highest BCUT2D eigenvalue weighted by Crippen LogP contribution is 1.96. The molecule has 0 radical (unpaired) electrons. The molecule has 0 saturated carbocycles. The first kappa shape index (κ1) is 16.2. The number of aliphatic imine (C=N–C) groups is 1. The smallest absolute Gasteiger partial charge is 0.205 e. The molecule has 0 heterocycles. The second-order valence-corrected chi connectivity index (χ2v) is 3.91. The zero-order chi connectivity index (χ0) is 12.8. The van der Waals surface area contributed by atoms with Crippen LogP contribution in [0.5, 0.6) is 0 Å². The second kappa shape index (κ2) is 13.3. The van der Waals surface area contributed by atoms with Crippen molar-refractivity contribution in [1.29, 1.82) is 0 Å². The number of rotatable bonds is 10. The molecule has 0 aromatic heterocycles. The van der Waals surface area contributed by atoms with Crippen molar-refractivity contribution in [2.75, 3.05) is 26.3 Å². The van der Waals surface area contributed by atoms with Crippen LogP contribution < -0.4 is 16.6 Å². The van der Waals surface area contributed by atoms with E-state index >= 15 is 0 Å². The van der Waals surface area contributed by atoms with E-state index in [4.69, 9.17) is 10.6 Å². The van der Waals surface area contributed by atoms with Crippen LogP contribution in [0.15, 0.2) is 4.99 Å². The molecule has 5 nitrogen and oxygen atoms in total. The number of unbranched alkanes of at least 4 members (excludes halogenated alkanes) is 3. The lowest BCUT2D eigenvalue weighted by molar-refractivity contribution is 0.146. The van der Waals surface area contributed by atoms with E-state index in [1.165, 1.54) is 19.3 Å². The number of nitrogens with zero attached hydrogens (tertiary/aromatic N) is 1. The summed E-state index contributed by atoms with van der Waals surface area (Å²) in [4.78, 5) is 4.32. The average Bonchev–Trinajstić information content (AvgIpc) is 2.36. The van der Waals surface area contributed by atoms with Gasteiger partial charge in [0, 0.05) is 26.3 Å². The quantitative estimate of drug-likeness (QED) is 0.179. The van der Waals surface area contributed by atoms with Crippen LogP contribution in [0, 0.1) is 0 Å². The van der Waals surface area contributed by atoms with Crippen LogP contribution in [-0.4, -0.2) is 32.3 Å². The molecule has 5 heteroatoms.